The molecule has 0 radical (unpaired) electrons. The first-order valence-electron chi connectivity index (χ1n) is 25.8. The number of nitrogens with zero attached hydrogens (tertiary/aromatic N) is 3. The highest BCUT2D eigenvalue weighted by Crippen LogP contribution is 2.47. The smallest absolute Gasteiger partial charge is 0.308 e. The van der Waals surface area contributed by atoms with E-state index >= 15 is 13.2 Å². The maximum absolute atomic E-state index is 15.2. The van der Waals surface area contributed by atoms with Crippen LogP contribution in [0, 0.1) is 66.7 Å². The van der Waals surface area contributed by atoms with E-state index in [9.17, 15) is 5.26 Å². The molecular weight excluding hydrogens is 940 g/mol. The van der Waals surface area contributed by atoms with E-state index in [1.165, 1.54) is 12.1 Å². The summed E-state index contributed by atoms with van der Waals surface area (Å²) >= 11 is 0. The Morgan fingerprint density at radius 1 is 0.355 bits per heavy atom. The average Bonchev–Trinajstić information content (AvgIpc) is 4.00. The van der Waals surface area contributed by atoms with Gasteiger partial charge in [0.25, 0.3) is 0 Å². The molecule has 0 N–H and O–H groups in total. The third-order valence-corrected chi connectivity index (χ3v) is 15.5. The highest BCUT2D eigenvalue weighted by molar-refractivity contribution is 6.14. The summed E-state index contributed by atoms with van der Waals surface area (Å²) in [7, 11) is 0. The molecule has 0 saturated heterocycles. The minimum atomic E-state index is -4.63. The second kappa shape index (κ2) is 18.2. The van der Waals surface area contributed by atoms with E-state index in [0.717, 1.165) is 139 Å². The van der Waals surface area contributed by atoms with Gasteiger partial charge in [-0.15, -0.1) is 0 Å². The van der Waals surface area contributed by atoms with Crippen LogP contribution in [0.5, 0.6) is 0 Å². The molecule has 0 aliphatic heterocycles. The van der Waals surface area contributed by atoms with Crippen LogP contribution in [0.1, 0.15) is 55.6 Å². The summed E-state index contributed by atoms with van der Waals surface area (Å²) in [5.41, 5.74) is 22.6. The first kappa shape index (κ1) is 48.0. The number of aromatic nitrogens is 2. The molecule has 0 saturated carbocycles. The van der Waals surface area contributed by atoms with Crippen molar-refractivity contribution in [2.75, 3.05) is 0 Å². The predicted molar refractivity (Wildman–Crippen MR) is 310 cm³/mol. The zero-order valence-corrected chi connectivity index (χ0v) is 43.8. The molecule has 2 aromatic heterocycles. The van der Waals surface area contributed by atoms with Crippen molar-refractivity contribution in [1.29, 1.82) is 5.26 Å². The third-order valence-electron chi connectivity index (χ3n) is 15.5. The second-order valence-corrected chi connectivity index (χ2v) is 21.0. The molecule has 370 valence electrons. The Morgan fingerprint density at radius 2 is 0.684 bits per heavy atom. The number of rotatable bonds is 7. The fourth-order valence-electron chi connectivity index (χ4n) is 12.0. The lowest BCUT2D eigenvalue weighted by Crippen LogP contribution is -2.07. The maximum Gasteiger partial charge on any atom is 0.416 e. The molecule has 0 atom stereocenters. The van der Waals surface area contributed by atoms with E-state index in [4.69, 9.17) is 0 Å². The molecule has 0 unspecified atom stereocenters. The van der Waals surface area contributed by atoms with Crippen LogP contribution in [-0.4, -0.2) is 9.13 Å². The van der Waals surface area contributed by atoms with Crippen LogP contribution < -0.4 is 0 Å². The minimum Gasteiger partial charge on any atom is -0.308 e. The SMILES string of the molecule is Cc1ccc(-c2ccc3c4ccc(-c5ccc(C)cc5C)cc4n(-c4cc(C#N)cc(-n5c6cc(-c7ccc(C)cc7C)ccc6c6ccc(-c7ccc(C)cc7C)cc65)c4-c4cccc(C(F)(F)F)c4)c3c2)c(C)c1. The molecule has 12 rings (SSSR count). The van der Waals surface area contributed by atoms with Gasteiger partial charge in [0.2, 0.25) is 0 Å². The topological polar surface area (TPSA) is 33.6 Å². The highest BCUT2D eigenvalue weighted by atomic mass is 19.4. The van der Waals surface area contributed by atoms with Gasteiger partial charge in [-0.05, 0) is 176 Å². The number of halogens is 3. The fraction of sp³-hybridized carbons (Fsp3) is 0.129. The van der Waals surface area contributed by atoms with Gasteiger partial charge in [-0.2, -0.15) is 18.4 Å². The lowest BCUT2D eigenvalue weighted by Gasteiger charge is -2.22. The number of nitriles is 1. The monoisotopic (exact) mass is 993 g/mol. The van der Waals surface area contributed by atoms with Crippen LogP contribution in [-0.2, 0) is 6.18 Å². The summed E-state index contributed by atoms with van der Waals surface area (Å²) in [6, 6.07) is 63.8. The van der Waals surface area contributed by atoms with Crippen LogP contribution >= 0.6 is 0 Å². The molecule has 0 bridgehead atoms. The van der Waals surface area contributed by atoms with E-state index in [1.807, 2.05) is 12.1 Å². The van der Waals surface area contributed by atoms with Crippen LogP contribution in [0.3, 0.4) is 0 Å². The molecule has 0 aliphatic carbocycles. The van der Waals surface area contributed by atoms with Gasteiger partial charge in [0, 0.05) is 27.1 Å². The Bertz CT molecular complexity index is 3980. The first-order chi connectivity index (χ1) is 36.5. The Labute approximate surface area is 441 Å². The molecule has 0 amide bonds. The summed E-state index contributed by atoms with van der Waals surface area (Å²) in [6.07, 6.45) is -4.63. The maximum atomic E-state index is 15.2. The van der Waals surface area contributed by atoms with Crippen LogP contribution in [0.15, 0.2) is 182 Å². The predicted octanol–water partition coefficient (Wildman–Crippen LogP) is 19.6. The standard InChI is InChI=1S/C70H54F3N3/c1-40-12-20-55(44(5)28-40)49-16-24-59-60-25-17-50(56-21-13-41(2)29-45(56)6)36-64(60)75(63(59)35-49)67-32-48(39-74)33-68(69(67)53-10-9-11-54(34-53)70(71,72)73)76-65-37-51(57-22-14-42(3)30-46(57)7)18-26-61(65)62-27-19-52(38-66(62)76)58-23-15-43(4)31-47(58)8/h9-38H,1-8H3. The highest BCUT2D eigenvalue weighted by Gasteiger charge is 2.32. The number of hydrogen-bond acceptors (Lipinski definition) is 1. The summed E-state index contributed by atoms with van der Waals surface area (Å²) in [5, 5.41) is 15.2. The lowest BCUT2D eigenvalue weighted by molar-refractivity contribution is -0.137. The van der Waals surface area contributed by atoms with Gasteiger partial charge in [-0.3, -0.25) is 0 Å². The van der Waals surface area contributed by atoms with Crippen molar-refractivity contribution < 1.29 is 13.2 Å². The molecule has 0 fully saturated rings. The number of fused-ring (bicyclic) bond motifs is 6. The molecule has 12 aromatic rings. The molecular formula is C70H54F3N3. The van der Waals surface area contributed by atoms with Crippen molar-refractivity contribution in [2.24, 2.45) is 0 Å². The number of aryl methyl sites for hydroxylation is 8. The van der Waals surface area contributed by atoms with Gasteiger partial charge in [-0.1, -0.05) is 156 Å². The molecule has 0 spiro atoms. The normalized spacial score (nSPS) is 11.9. The summed E-state index contributed by atoms with van der Waals surface area (Å²) in [4.78, 5) is 0. The third kappa shape index (κ3) is 8.15. The molecule has 76 heavy (non-hydrogen) atoms. The summed E-state index contributed by atoms with van der Waals surface area (Å²) < 4.78 is 49.9. The fourth-order valence-corrected chi connectivity index (χ4v) is 12.0. The van der Waals surface area contributed by atoms with Gasteiger partial charge in [-0.25, -0.2) is 0 Å². The molecule has 2 heterocycles. The Kier molecular flexibility index (Phi) is 11.5. The Morgan fingerprint density at radius 3 is 0.974 bits per heavy atom. The zero-order chi connectivity index (χ0) is 52.9. The quantitative estimate of drug-likeness (QED) is 0.157. The molecule has 10 aromatic carbocycles. The van der Waals surface area contributed by atoms with Gasteiger partial charge in [0.05, 0.1) is 50.6 Å². The number of benzene rings is 10. The number of hydrogen-bond donors (Lipinski definition) is 0. The minimum absolute atomic E-state index is 0.359. The van der Waals surface area contributed by atoms with Gasteiger partial charge in [0.1, 0.15) is 0 Å². The summed E-state index contributed by atoms with van der Waals surface area (Å²) in [5.74, 6) is 0. The van der Waals surface area contributed by atoms with Crippen molar-refractivity contribution in [3.63, 3.8) is 0 Å². The van der Waals surface area contributed by atoms with Crippen molar-refractivity contribution in [3.05, 3.63) is 238 Å². The molecule has 3 nitrogen and oxygen atoms in total. The molecule has 0 aliphatic rings. The van der Waals surface area contributed by atoms with Crippen LogP contribution in [0.4, 0.5) is 13.2 Å². The largest absolute Gasteiger partial charge is 0.416 e. The first-order valence-corrected chi connectivity index (χ1v) is 25.8. The van der Waals surface area contributed by atoms with E-state index in [2.05, 4.69) is 216 Å². The van der Waals surface area contributed by atoms with Crippen molar-refractivity contribution in [3.8, 4) is 73.1 Å². The van der Waals surface area contributed by atoms with Gasteiger partial charge >= 0.3 is 6.18 Å². The summed E-state index contributed by atoms with van der Waals surface area (Å²) in [6.45, 7) is 16.8. The average molecular weight is 994 g/mol. The van der Waals surface area contributed by atoms with E-state index in [0.29, 0.717) is 28.1 Å². The van der Waals surface area contributed by atoms with E-state index in [1.54, 1.807) is 6.07 Å². The van der Waals surface area contributed by atoms with Crippen molar-refractivity contribution >= 4 is 43.6 Å². The van der Waals surface area contributed by atoms with Gasteiger partial charge < -0.3 is 9.13 Å². The lowest BCUT2D eigenvalue weighted by atomic mass is 9.95. The van der Waals surface area contributed by atoms with E-state index in [-0.39, 0.29) is 0 Å². The number of alkyl halides is 3. The second-order valence-electron chi connectivity index (χ2n) is 21.0. The van der Waals surface area contributed by atoms with Gasteiger partial charge in [0.15, 0.2) is 0 Å². The Hall–Kier alpha value is -8.92. The van der Waals surface area contributed by atoms with Crippen LogP contribution in [0.2, 0.25) is 0 Å². The van der Waals surface area contributed by atoms with Crippen LogP contribution in [0.25, 0.3) is 111 Å². The Balaban J connectivity index is 1.27. The van der Waals surface area contributed by atoms with E-state index < -0.39 is 11.7 Å². The van der Waals surface area contributed by atoms with Crippen molar-refractivity contribution in [2.45, 2.75) is 61.6 Å². The zero-order valence-electron chi connectivity index (χ0n) is 43.8. The molecule has 6 heteroatoms. The van der Waals surface area contributed by atoms with Crippen molar-refractivity contribution in [1.82, 2.24) is 9.13 Å².